The van der Waals surface area contributed by atoms with Crippen LogP contribution in [-0.4, -0.2) is 49.6 Å². The van der Waals surface area contributed by atoms with Crippen LogP contribution in [-0.2, 0) is 6.42 Å². The second kappa shape index (κ2) is 11.1. The summed E-state index contributed by atoms with van der Waals surface area (Å²) in [5, 5.41) is 7.04. The molecule has 2 rings (SSSR count). The summed E-state index contributed by atoms with van der Waals surface area (Å²) in [4.78, 5) is 7.38. The number of hydrogen-bond donors (Lipinski definition) is 2. The van der Waals surface area contributed by atoms with E-state index >= 15 is 0 Å². The van der Waals surface area contributed by atoms with Crippen molar-refractivity contribution in [2.45, 2.75) is 58.9 Å². The molecule has 1 aliphatic rings. The summed E-state index contributed by atoms with van der Waals surface area (Å²) in [5.41, 5.74) is 2.67. The first-order valence-electron chi connectivity index (χ1n) is 10.0. The number of nitrogens with zero attached hydrogens (tertiary/aromatic N) is 2. The summed E-state index contributed by atoms with van der Waals surface area (Å²) in [7, 11) is 0. The predicted molar refractivity (Wildman–Crippen MR) is 108 cm³/mol. The van der Waals surface area contributed by atoms with Crippen LogP contribution in [0, 0.1) is 6.92 Å². The number of likely N-dealkylation sites (tertiary alicyclic amines) is 1. The van der Waals surface area contributed by atoms with Crippen LogP contribution in [0.4, 0.5) is 0 Å². The Morgan fingerprint density at radius 1 is 1.16 bits per heavy atom. The van der Waals surface area contributed by atoms with Gasteiger partial charge in [-0.05, 0) is 51.6 Å². The van der Waals surface area contributed by atoms with Crippen molar-refractivity contribution in [3.63, 3.8) is 0 Å². The fourth-order valence-electron chi connectivity index (χ4n) is 3.25. The maximum absolute atomic E-state index is 4.77. The highest BCUT2D eigenvalue weighted by molar-refractivity contribution is 5.80. The molecule has 1 aliphatic heterocycles. The topological polar surface area (TPSA) is 39.7 Å². The van der Waals surface area contributed by atoms with Gasteiger partial charge in [-0.25, -0.2) is 0 Å². The first kappa shape index (κ1) is 19.8. The van der Waals surface area contributed by atoms with Crippen molar-refractivity contribution in [1.82, 2.24) is 15.5 Å². The van der Waals surface area contributed by atoms with Crippen molar-refractivity contribution in [3.05, 3.63) is 35.4 Å². The van der Waals surface area contributed by atoms with Crippen molar-refractivity contribution in [2.75, 3.05) is 32.7 Å². The van der Waals surface area contributed by atoms with Crippen molar-refractivity contribution >= 4 is 5.96 Å². The largest absolute Gasteiger partial charge is 0.357 e. The number of aliphatic imine (C=N–C) groups is 1. The molecule has 1 saturated heterocycles. The van der Waals surface area contributed by atoms with Gasteiger partial charge in [-0.1, -0.05) is 43.2 Å². The number of benzene rings is 1. The van der Waals surface area contributed by atoms with E-state index in [1.165, 1.54) is 56.4 Å². The number of guanidine groups is 1. The third kappa shape index (κ3) is 7.47. The quantitative estimate of drug-likeness (QED) is 0.561. The first-order valence-corrected chi connectivity index (χ1v) is 10.0. The zero-order valence-corrected chi connectivity index (χ0v) is 16.4. The second-order valence-electron chi connectivity index (χ2n) is 7.11. The van der Waals surface area contributed by atoms with E-state index in [0.717, 1.165) is 25.5 Å². The molecule has 4 heteroatoms. The van der Waals surface area contributed by atoms with Crippen LogP contribution < -0.4 is 10.6 Å². The molecule has 0 amide bonds. The third-order valence-electron chi connectivity index (χ3n) is 4.89. The smallest absolute Gasteiger partial charge is 0.191 e. The number of hydrogen-bond acceptors (Lipinski definition) is 2. The van der Waals surface area contributed by atoms with Crippen molar-refractivity contribution in [3.8, 4) is 0 Å². The van der Waals surface area contributed by atoms with Gasteiger partial charge in [0.15, 0.2) is 5.96 Å². The SMILES string of the molecule is CCCCN1CCC(NC(=NCCc2ccc(C)cc2)NCC)CC1. The van der Waals surface area contributed by atoms with Crippen LogP contribution in [0.5, 0.6) is 0 Å². The molecule has 1 aromatic carbocycles. The molecule has 0 saturated carbocycles. The van der Waals surface area contributed by atoms with Gasteiger partial charge in [0.1, 0.15) is 0 Å². The van der Waals surface area contributed by atoms with Crippen LogP contribution >= 0.6 is 0 Å². The Balaban J connectivity index is 1.76. The highest BCUT2D eigenvalue weighted by Gasteiger charge is 2.19. The van der Waals surface area contributed by atoms with E-state index in [4.69, 9.17) is 4.99 Å². The molecule has 2 N–H and O–H groups in total. The van der Waals surface area contributed by atoms with Gasteiger partial charge in [-0.2, -0.15) is 0 Å². The Hall–Kier alpha value is -1.55. The lowest BCUT2D eigenvalue weighted by Gasteiger charge is -2.33. The Kier molecular flexibility index (Phi) is 8.81. The van der Waals surface area contributed by atoms with Gasteiger partial charge in [0, 0.05) is 32.2 Å². The van der Waals surface area contributed by atoms with E-state index in [9.17, 15) is 0 Å². The fraction of sp³-hybridized carbons (Fsp3) is 0.667. The lowest BCUT2D eigenvalue weighted by atomic mass is 10.0. The number of aryl methyl sites for hydroxylation is 1. The standard InChI is InChI=1S/C21H36N4/c1-4-6-15-25-16-12-20(13-17-25)24-21(22-5-2)23-14-11-19-9-7-18(3)8-10-19/h7-10,20H,4-6,11-17H2,1-3H3,(H2,22,23,24). The first-order chi connectivity index (χ1) is 12.2. The maximum Gasteiger partial charge on any atom is 0.191 e. The molecule has 140 valence electrons. The number of nitrogens with one attached hydrogen (secondary N) is 2. The van der Waals surface area contributed by atoms with Crippen LogP contribution in [0.25, 0.3) is 0 Å². The Morgan fingerprint density at radius 3 is 2.52 bits per heavy atom. The third-order valence-corrected chi connectivity index (χ3v) is 4.89. The van der Waals surface area contributed by atoms with Crippen LogP contribution in [0.1, 0.15) is 50.7 Å². The predicted octanol–water partition coefficient (Wildman–Crippen LogP) is 3.36. The molecule has 4 nitrogen and oxygen atoms in total. The van der Waals surface area contributed by atoms with Gasteiger partial charge in [-0.3, -0.25) is 4.99 Å². The minimum Gasteiger partial charge on any atom is -0.357 e. The van der Waals surface area contributed by atoms with Gasteiger partial charge in [-0.15, -0.1) is 0 Å². The lowest BCUT2D eigenvalue weighted by Crippen LogP contribution is -2.48. The van der Waals surface area contributed by atoms with Crippen molar-refractivity contribution in [2.24, 2.45) is 4.99 Å². The summed E-state index contributed by atoms with van der Waals surface area (Å²) in [6.07, 6.45) is 6.03. The normalized spacial score (nSPS) is 16.8. The molecule has 0 aromatic heterocycles. The van der Waals surface area contributed by atoms with Gasteiger partial charge in [0.2, 0.25) is 0 Å². The fourth-order valence-corrected chi connectivity index (χ4v) is 3.25. The summed E-state index contributed by atoms with van der Waals surface area (Å²) < 4.78 is 0. The van der Waals surface area contributed by atoms with Crippen LogP contribution in [0.3, 0.4) is 0 Å². The zero-order valence-electron chi connectivity index (χ0n) is 16.4. The average molecular weight is 345 g/mol. The Labute approximate surface area is 154 Å². The summed E-state index contributed by atoms with van der Waals surface area (Å²) in [5.74, 6) is 0.974. The van der Waals surface area contributed by atoms with E-state index in [-0.39, 0.29) is 0 Å². The molecular weight excluding hydrogens is 308 g/mol. The van der Waals surface area contributed by atoms with Gasteiger partial charge in [0.05, 0.1) is 0 Å². The van der Waals surface area contributed by atoms with Gasteiger partial charge < -0.3 is 15.5 Å². The number of piperidine rings is 1. The molecule has 25 heavy (non-hydrogen) atoms. The van der Waals surface area contributed by atoms with E-state index in [2.05, 4.69) is 60.6 Å². The van der Waals surface area contributed by atoms with Gasteiger partial charge >= 0.3 is 0 Å². The Morgan fingerprint density at radius 2 is 1.88 bits per heavy atom. The molecule has 0 aliphatic carbocycles. The van der Waals surface area contributed by atoms with Gasteiger partial charge in [0.25, 0.3) is 0 Å². The number of rotatable bonds is 8. The summed E-state index contributed by atoms with van der Waals surface area (Å²) >= 11 is 0. The summed E-state index contributed by atoms with van der Waals surface area (Å²) in [6, 6.07) is 9.31. The molecule has 0 unspecified atom stereocenters. The summed E-state index contributed by atoms with van der Waals surface area (Å²) in [6.45, 7) is 11.9. The average Bonchev–Trinajstić information content (AvgIpc) is 2.63. The van der Waals surface area contributed by atoms with Crippen LogP contribution in [0.2, 0.25) is 0 Å². The molecule has 0 atom stereocenters. The lowest BCUT2D eigenvalue weighted by molar-refractivity contribution is 0.203. The molecular formula is C21H36N4. The maximum atomic E-state index is 4.77. The van der Waals surface area contributed by atoms with E-state index in [1.807, 2.05) is 0 Å². The molecule has 1 fully saturated rings. The molecule has 1 aromatic rings. The second-order valence-corrected chi connectivity index (χ2v) is 7.11. The molecule has 1 heterocycles. The zero-order chi connectivity index (χ0) is 17.9. The molecule has 0 spiro atoms. The van der Waals surface area contributed by atoms with E-state index in [1.54, 1.807) is 0 Å². The minimum absolute atomic E-state index is 0.551. The van der Waals surface area contributed by atoms with E-state index in [0.29, 0.717) is 6.04 Å². The van der Waals surface area contributed by atoms with Crippen molar-refractivity contribution < 1.29 is 0 Å². The molecule has 0 bridgehead atoms. The number of unbranched alkanes of at least 4 members (excludes halogenated alkanes) is 1. The van der Waals surface area contributed by atoms with Crippen molar-refractivity contribution in [1.29, 1.82) is 0 Å². The van der Waals surface area contributed by atoms with Crippen LogP contribution in [0.15, 0.2) is 29.3 Å². The monoisotopic (exact) mass is 344 g/mol. The highest BCUT2D eigenvalue weighted by atomic mass is 15.2. The highest BCUT2D eigenvalue weighted by Crippen LogP contribution is 2.11. The molecule has 0 radical (unpaired) electrons. The Bertz CT molecular complexity index is 501. The minimum atomic E-state index is 0.551. The van der Waals surface area contributed by atoms with E-state index < -0.39 is 0 Å².